The van der Waals surface area contributed by atoms with E-state index < -0.39 is 6.10 Å². The fourth-order valence-corrected chi connectivity index (χ4v) is 3.01. The molecule has 0 spiro atoms. The van der Waals surface area contributed by atoms with Crippen molar-refractivity contribution in [3.63, 3.8) is 0 Å². The van der Waals surface area contributed by atoms with Crippen molar-refractivity contribution in [1.29, 1.82) is 0 Å². The van der Waals surface area contributed by atoms with Crippen molar-refractivity contribution in [3.8, 4) is 24.0 Å². The van der Waals surface area contributed by atoms with Crippen molar-refractivity contribution in [2.24, 2.45) is 0 Å². The number of rotatable bonds is 6. The zero-order valence-corrected chi connectivity index (χ0v) is 14.8. The average molecular weight is 364 g/mol. The number of aromatic hydroxyl groups is 1. The molecule has 1 atom stereocenters. The summed E-state index contributed by atoms with van der Waals surface area (Å²) in [4.78, 5) is 14.1. The Kier molecular flexibility index (Phi) is 5.46. The number of phenolic OH excluding ortho intramolecular Hbond substituents is 1. The van der Waals surface area contributed by atoms with Crippen molar-refractivity contribution in [2.75, 3.05) is 6.54 Å². The van der Waals surface area contributed by atoms with Crippen LogP contribution in [0, 0.1) is 19.5 Å². The second kappa shape index (κ2) is 7.96. The van der Waals surface area contributed by atoms with Gasteiger partial charge in [0.2, 0.25) is 5.56 Å². The lowest BCUT2D eigenvalue weighted by Crippen LogP contribution is -2.21. The topological polar surface area (TPSA) is 94.6 Å². The highest BCUT2D eigenvalue weighted by Crippen LogP contribution is 2.28. The Bertz CT molecular complexity index is 1070. The molecular weight excluding hydrogens is 344 g/mol. The zero-order valence-electron chi connectivity index (χ0n) is 14.8. The number of H-pyrrole nitrogens is 1. The lowest BCUT2D eigenvalue weighted by atomic mass is 10.0. The molecule has 0 aliphatic carbocycles. The number of aliphatic hydroxyl groups is 1. The number of ether oxygens (including phenoxy) is 1. The number of aromatic nitrogens is 1. The largest absolute Gasteiger partial charge is 0.506 e. The van der Waals surface area contributed by atoms with Gasteiger partial charge in [0, 0.05) is 24.5 Å². The van der Waals surface area contributed by atoms with E-state index in [9.17, 15) is 15.0 Å². The third-order valence-corrected chi connectivity index (χ3v) is 4.34. The van der Waals surface area contributed by atoms with Gasteiger partial charge in [-0.25, -0.2) is 0 Å². The van der Waals surface area contributed by atoms with Crippen molar-refractivity contribution >= 4 is 10.9 Å². The molecule has 0 radical (unpaired) electrons. The van der Waals surface area contributed by atoms with Crippen LogP contribution in [0.3, 0.4) is 0 Å². The van der Waals surface area contributed by atoms with E-state index in [0.29, 0.717) is 35.3 Å². The van der Waals surface area contributed by atoms with E-state index in [0.717, 1.165) is 11.1 Å². The summed E-state index contributed by atoms with van der Waals surface area (Å²) in [7, 11) is 0. The van der Waals surface area contributed by atoms with Gasteiger partial charge in [-0.3, -0.25) is 4.79 Å². The first-order chi connectivity index (χ1) is 13.0. The van der Waals surface area contributed by atoms with Crippen LogP contribution in [-0.4, -0.2) is 21.7 Å². The Hall–Kier alpha value is -3.27. The van der Waals surface area contributed by atoms with Crippen molar-refractivity contribution in [1.82, 2.24) is 10.3 Å². The third-order valence-electron chi connectivity index (χ3n) is 4.34. The summed E-state index contributed by atoms with van der Waals surface area (Å²) in [5.74, 6) is 0.613. The van der Waals surface area contributed by atoms with Gasteiger partial charge in [-0.1, -0.05) is 24.6 Å². The number of terminal acetylenes is 1. The number of pyridine rings is 1. The Labute approximate surface area is 156 Å². The first-order valence-electron chi connectivity index (χ1n) is 8.45. The number of hydrogen-bond acceptors (Lipinski definition) is 5. The lowest BCUT2D eigenvalue weighted by Gasteiger charge is -2.15. The van der Waals surface area contributed by atoms with Crippen molar-refractivity contribution in [3.05, 3.63) is 69.5 Å². The summed E-state index contributed by atoms with van der Waals surface area (Å²) in [6, 6.07) is 11.8. The normalized spacial score (nSPS) is 11.9. The van der Waals surface area contributed by atoms with Gasteiger partial charge in [0.1, 0.15) is 17.6 Å². The van der Waals surface area contributed by atoms with Gasteiger partial charge < -0.3 is 25.3 Å². The standard InChI is InChI=1S/C21H20N2O4/c1-3-27-19-8-4-14(10-13(19)2)11-22-12-18(25)15-5-7-17(24)21-16(15)6-9-20(26)23-21/h1,4-10,18,22,24-25H,11-12H2,2H3,(H,23,26). The lowest BCUT2D eigenvalue weighted by molar-refractivity contribution is 0.176. The van der Waals surface area contributed by atoms with Crippen LogP contribution in [0.4, 0.5) is 0 Å². The van der Waals surface area contributed by atoms with E-state index in [-0.39, 0.29) is 11.3 Å². The molecule has 0 aliphatic rings. The van der Waals surface area contributed by atoms with E-state index in [1.54, 1.807) is 12.1 Å². The first-order valence-corrected chi connectivity index (χ1v) is 8.45. The monoisotopic (exact) mass is 364 g/mol. The molecule has 2 aromatic carbocycles. The molecule has 27 heavy (non-hydrogen) atoms. The van der Waals surface area contributed by atoms with Gasteiger partial charge in [0.05, 0.1) is 11.6 Å². The number of hydrogen-bond donors (Lipinski definition) is 4. The minimum absolute atomic E-state index is 0.0311. The maximum atomic E-state index is 11.5. The Morgan fingerprint density at radius 2 is 2.07 bits per heavy atom. The Morgan fingerprint density at radius 1 is 1.26 bits per heavy atom. The van der Waals surface area contributed by atoms with E-state index in [1.807, 2.05) is 25.1 Å². The summed E-state index contributed by atoms with van der Waals surface area (Å²) < 4.78 is 5.07. The second-order valence-corrected chi connectivity index (χ2v) is 6.25. The van der Waals surface area contributed by atoms with E-state index in [4.69, 9.17) is 11.2 Å². The molecule has 0 aliphatic heterocycles. The fourth-order valence-electron chi connectivity index (χ4n) is 3.01. The molecule has 3 aromatic rings. The molecule has 3 rings (SSSR count). The summed E-state index contributed by atoms with van der Waals surface area (Å²) in [5, 5.41) is 24.3. The van der Waals surface area contributed by atoms with E-state index >= 15 is 0 Å². The van der Waals surface area contributed by atoms with Gasteiger partial charge in [0.25, 0.3) is 0 Å². The number of aromatic amines is 1. The molecule has 6 heteroatoms. The average Bonchev–Trinajstić information content (AvgIpc) is 2.64. The Balaban J connectivity index is 1.70. The minimum atomic E-state index is -0.802. The summed E-state index contributed by atoms with van der Waals surface area (Å²) in [6.07, 6.45) is 6.50. The summed E-state index contributed by atoms with van der Waals surface area (Å²) in [6.45, 7) is 2.77. The van der Waals surface area contributed by atoms with Crippen molar-refractivity contribution < 1.29 is 14.9 Å². The van der Waals surface area contributed by atoms with Gasteiger partial charge in [-0.2, -0.15) is 0 Å². The molecule has 1 unspecified atom stereocenters. The molecule has 0 saturated carbocycles. The minimum Gasteiger partial charge on any atom is -0.506 e. The molecule has 0 fully saturated rings. The highest BCUT2D eigenvalue weighted by atomic mass is 16.5. The molecule has 1 heterocycles. The quantitative estimate of drug-likeness (QED) is 0.504. The maximum absolute atomic E-state index is 11.5. The van der Waals surface area contributed by atoms with Gasteiger partial charge in [-0.05, 0) is 41.8 Å². The van der Waals surface area contributed by atoms with Crippen LogP contribution in [0.5, 0.6) is 11.5 Å². The molecular formula is C21H20N2O4. The predicted molar refractivity (Wildman–Crippen MR) is 104 cm³/mol. The molecule has 0 saturated heterocycles. The van der Waals surface area contributed by atoms with Crippen LogP contribution in [0.25, 0.3) is 10.9 Å². The van der Waals surface area contributed by atoms with E-state index in [1.165, 1.54) is 12.1 Å². The smallest absolute Gasteiger partial charge is 0.248 e. The molecule has 0 bridgehead atoms. The Morgan fingerprint density at radius 3 is 2.81 bits per heavy atom. The summed E-state index contributed by atoms with van der Waals surface area (Å²) >= 11 is 0. The maximum Gasteiger partial charge on any atom is 0.248 e. The van der Waals surface area contributed by atoms with Crippen molar-refractivity contribution in [2.45, 2.75) is 19.6 Å². The number of benzene rings is 2. The third kappa shape index (κ3) is 4.11. The number of fused-ring (bicyclic) bond motifs is 1. The van der Waals surface area contributed by atoms with Gasteiger partial charge in [0.15, 0.2) is 0 Å². The SMILES string of the molecule is C#COc1ccc(CNCC(O)c2ccc(O)c3[nH]c(=O)ccc23)cc1C. The van der Waals surface area contributed by atoms with Crippen LogP contribution in [-0.2, 0) is 6.54 Å². The molecule has 138 valence electrons. The van der Waals surface area contributed by atoms with Gasteiger partial charge >= 0.3 is 0 Å². The van der Waals surface area contributed by atoms with E-state index in [2.05, 4.69) is 16.4 Å². The van der Waals surface area contributed by atoms with Gasteiger partial charge in [-0.15, -0.1) is 0 Å². The van der Waals surface area contributed by atoms with Crippen LogP contribution >= 0.6 is 0 Å². The van der Waals surface area contributed by atoms with Crippen LogP contribution in [0.1, 0.15) is 22.8 Å². The number of nitrogens with one attached hydrogen (secondary N) is 2. The molecule has 0 amide bonds. The second-order valence-electron chi connectivity index (χ2n) is 6.25. The molecule has 4 N–H and O–H groups in total. The van der Waals surface area contributed by atoms with Crippen LogP contribution in [0.2, 0.25) is 0 Å². The van der Waals surface area contributed by atoms with Crippen LogP contribution < -0.4 is 15.6 Å². The number of aryl methyl sites for hydroxylation is 1. The number of aliphatic hydroxyl groups excluding tert-OH is 1. The fraction of sp³-hybridized carbons (Fsp3) is 0.190. The summed E-state index contributed by atoms with van der Waals surface area (Å²) in [5.41, 5.74) is 2.60. The first kappa shape index (κ1) is 18.5. The predicted octanol–water partition coefficient (Wildman–Crippen LogP) is 2.33. The highest BCUT2D eigenvalue weighted by molar-refractivity contribution is 5.87. The molecule has 1 aromatic heterocycles. The van der Waals surface area contributed by atoms with Crippen LogP contribution in [0.15, 0.2) is 47.3 Å². The molecule has 6 nitrogen and oxygen atoms in total. The highest BCUT2D eigenvalue weighted by Gasteiger charge is 2.14. The zero-order chi connectivity index (χ0) is 19.4. The number of phenols is 1.